The molecule has 0 saturated heterocycles. The number of aromatic nitrogens is 1. The van der Waals surface area contributed by atoms with E-state index in [2.05, 4.69) is 10.3 Å². The molecule has 0 aliphatic carbocycles. The van der Waals surface area contributed by atoms with E-state index < -0.39 is 17.5 Å². The van der Waals surface area contributed by atoms with E-state index in [1.165, 1.54) is 6.26 Å². The minimum atomic E-state index is -0.718. The summed E-state index contributed by atoms with van der Waals surface area (Å²) in [6.45, 7) is 0. The highest BCUT2D eigenvalue weighted by Gasteiger charge is 2.16. The molecular weight excluding hydrogens is 338 g/mol. The van der Waals surface area contributed by atoms with Crippen LogP contribution in [0.2, 0.25) is 0 Å². The lowest BCUT2D eigenvalue weighted by molar-refractivity contribution is 0.102. The second-order valence-electron chi connectivity index (χ2n) is 5.63. The molecule has 2 aromatic carbocycles. The van der Waals surface area contributed by atoms with E-state index in [1.54, 1.807) is 42.5 Å². The number of amides is 1. The Kier molecular flexibility index (Phi) is 3.93. The maximum atomic E-state index is 13.9. The van der Waals surface area contributed by atoms with Crippen molar-refractivity contribution < 1.29 is 18.0 Å². The van der Waals surface area contributed by atoms with Gasteiger partial charge in [-0.05, 0) is 36.4 Å². The highest BCUT2D eigenvalue weighted by atomic mass is 19.1. The fourth-order valence-corrected chi connectivity index (χ4v) is 2.70. The minimum absolute atomic E-state index is 0.226. The number of nitrogens with one attached hydrogen (secondary N) is 1. The summed E-state index contributed by atoms with van der Waals surface area (Å²) in [4.78, 5) is 17.2. The number of para-hydroxylation sites is 1. The molecule has 0 fully saturated rings. The van der Waals surface area contributed by atoms with E-state index in [0.717, 1.165) is 18.2 Å². The van der Waals surface area contributed by atoms with E-state index in [9.17, 15) is 13.6 Å². The van der Waals surface area contributed by atoms with E-state index in [-0.39, 0.29) is 11.3 Å². The number of carbonyl (C=O) groups excluding carboxylic acids is 1. The standard InChI is InChI=1S/C20H12F2N2O2/c21-12-7-8-15(22)17(10-12)24-20(25)14-11-18(19-6-3-9-26-19)23-16-5-2-1-4-13(14)16/h1-11H,(H,24,25). The number of hydrogen-bond acceptors (Lipinski definition) is 3. The highest BCUT2D eigenvalue weighted by Crippen LogP contribution is 2.26. The Balaban J connectivity index is 1.81. The molecule has 0 unspecified atom stereocenters. The van der Waals surface area contributed by atoms with Gasteiger partial charge in [-0.15, -0.1) is 0 Å². The molecule has 6 heteroatoms. The molecule has 0 aliphatic rings. The molecule has 0 bridgehead atoms. The third kappa shape index (κ3) is 2.93. The van der Waals surface area contributed by atoms with Gasteiger partial charge in [0.1, 0.15) is 17.3 Å². The van der Waals surface area contributed by atoms with Gasteiger partial charge < -0.3 is 9.73 Å². The van der Waals surface area contributed by atoms with Crippen LogP contribution in [-0.4, -0.2) is 10.9 Å². The normalized spacial score (nSPS) is 10.8. The van der Waals surface area contributed by atoms with Crippen LogP contribution in [0.1, 0.15) is 10.4 Å². The maximum absolute atomic E-state index is 13.9. The lowest BCUT2D eigenvalue weighted by Crippen LogP contribution is -2.14. The Labute approximate surface area is 147 Å². The molecular formula is C20H12F2N2O2. The Morgan fingerprint density at radius 2 is 1.85 bits per heavy atom. The first kappa shape index (κ1) is 16.0. The second-order valence-corrected chi connectivity index (χ2v) is 5.63. The van der Waals surface area contributed by atoms with Crippen molar-refractivity contribution in [2.45, 2.75) is 0 Å². The SMILES string of the molecule is O=C(Nc1cc(F)ccc1F)c1cc(-c2ccco2)nc2ccccc12. The molecule has 2 heterocycles. The van der Waals surface area contributed by atoms with Crippen LogP contribution >= 0.6 is 0 Å². The van der Waals surface area contributed by atoms with Gasteiger partial charge in [0.05, 0.1) is 23.0 Å². The minimum Gasteiger partial charge on any atom is -0.463 e. The molecule has 128 valence electrons. The van der Waals surface area contributed by atoms with E-state index in [4.69, 9.17) is 4.42 Å². The van der Waals surface area contributed by atoms with Crippen LogP contribution in [0.3, 0.4) is 0 Å². The molecule has 4 rings (SSSR count). The fraction of sp³-hybridized carbons (Fsp3) is 0. The lowest BCUT2D eigenvalue weighted by Gasteiger charge is -2.10. The summed E-state index contributed by atoms with van der Waals surface area (Å²) in [6.07, 6.45) is 1.51. The monoisotopic (exact) mass is 350 g/mol. The summed E-state index contributed by atoms with van der Waals surface area (Å²) >= 11 is 0. The van der Waals surface area contributed by atoms with Crippen LogP contribution < -0.4 is 5.32 Å². The number of halogens is 2. The molecule has 0 atom stereocenters. The van der Waals surface area contributed by atoms with Gasteiger partial charge in [-0.2, -0.15) is 0 Å². The quantitative estimate of drug-likeness (QED) is 0.564. The van der Waals surface area contributed by atoms with Crippen LogP contribution in [0.4, 0.5) is 14.5 Å². The van der Waals surface area contributed by atoms with Gasteiger partial charge >= 0.3 is 0 Å². The van der Waals surface area contributed by atoms with Gasteiger partial charge in [0, 0.05) is 11.5 Å². The Bertz CT molecular complexity index is 1110. The van der Waals surface area contributed by atoms with Gasteiger partial charge in [0.25, 0.3) is 5.91 Å². The maximum Gasteiger partial charge on any atom is 0.256 e. The first-order valence-corrected chi connectivity index (χ1v) is 7.82. The number of anilines is 1. The summed E-state index contributed by atoms with van der Waals surface area (Å²) in [5.41, 5.74) is 1.12. The molecule has 1 amide bonds. The predicted octanol–water partition coefficient (Wildman–Crippen LogP) is 5.03. The zero-order valence-electron chi connectivity index (χ0n) is 13.4. The van der Waals surface area contributed by atoms with Gasteiger partial charge in [0.2, 0.25) is 0 Å². The summed E-state index contributed by atoms with van der Waals surface area (Å²) < 4.78 is 32.6. The average molecular weight is 350 g/mol. The number of nitrogens with zero attached hydrogens (tertiary/aromatic N) is 1. The molecule has 1 N–H and O–H groups in total. The van der Waals surface area contributed by atoms with Crippen molar-refractivity contribution in [3.63, 3.8) is 0 Å². The number of benzene rings is 2. The number of fused-ring (bicyclic) bond motifs is 1. The van der Waals surface area contributed by atoms with Crippen LogP contribution in [0.15, 0.2) is 71.3 Å². The summed E-state index contributed by atoms with van der Waals surface area (Å²) in [5.74, 6) is -1.43. The van der Waals surface area contributed by atoms with Crippen molar-refractivity contribution in [1.82, 2.24) is 4.98 Å². The summed E-state index contributed by atoms with van der Waals surface area (Å²) in [6, 6.07) is 15.0. The molecule has 2 aromatic heterocycles. The van der Waals surface area contributed by atoms with Crippen molar-refractivity contribution in [2.75, 3.05) is 5.32 Å². The fourth-order valence-electron chi connectivity index (χ4n) is 2.70. The van der Waals surface area contributed by atoms with Crippen molar-refractivity contribution in [3.8, 4) is 11.5 Å². The number of hydrogen-bond donors (Lipinski definition) is 1. The predicted molar refractivity (Wildman–Crippen MR) is 93.8 cm³/mol. The third-order valence-electron chi connectivity index (χ3n) is 3.91. The number of pyridine rings is 1. The third-order valence-corrected chi connectivity index (χ3v) is 3.91. The topological polar surface area (TPSA) is 55.1 Å². The first-order chi connectivity index (χ1) is 12.6. The highest BCUT2D eigenvalue weighted by molar-refractivity contribution is 6.13. The molecule has 0 aliphatic heterocycles. The molecule has 0 spiro atoms. The van der Waals surface area contributed by atoms with Crippen molar-refractivity contribution in [3.05, 3.63) is 84.1 Å². The number of carbonyl (C=O) groups is 1. The van der Waals surface area contributed by atoms with Crippen molar-refractivity contribution >= 4 is 22.5 Å². The van der Waals surface area contributed by atoms with Crippen LogP contribution in [-0.2, 0) is 0 Å². The van der Waals surface area contributed by atoms with E-state index >= 15 is 0 Å². The average Bonchev–Trinajstić information content (AvgIpc) is 3.18. The largest absolute Gasteiger partial charge is 0.463 e. The molecule has 26 heavy (non-hydrogen) atoms. The Morgan fingerprint density at radius 3 is 2.65 bits per heavy atom. The summed E-state index contributed by atoms with van der Waals surface area (Å²) in [7, 11) is 0. The molecule has 0 radical (unpaired) electrons. The van der Waals surface area contributed by atoms with Gasteiger partial charge in [-0.25, -0.2) is 13.8 Å². The number of furan rings is 1. The molecule has 0 saturated carbocycles. The van der Waals surface area contributed by atoms with E-state index in [1.807, 2.05) is 0 Å². The van der Waals surface area contributed by atoms with Gasteiger partial charge in [-0.3, -0.25) is 4.79 Å². The smallest absolute Gasteiger partial charge is 0.256 e. The zero-order valence-corrected chi connectivity index (χ0v) is 13.4. The van der Waals surface area contributed by atoms with Gasteiger partial charge in [-0.1, -0.05) is 18.2 Å². The Morgan fingerprint density at radius 1 is 1.00 bits per heavy atom. The number of rotatable bonds is 3. The zero-order chi connectivity index (χ0) is 18.1. The van der Waals surface area contributed by atoms with Gasteiger partial charge in [0.15, 0.2) is 5.76 Å². The van der Waals surface area contributed by atoms with E-state index in [0.29, 0.717) is 22.4 Å². The summed E-state index contributed by atoms with van der Waals surface area (Å²) in [5, 5.41) is 3.01. The van der Waals surface area contributed by atoms with Crippen molar-refractivity contribution in [2.24, 2.45) is 0 Å². The van der Waals surface area contributed by atoms with Crippen LogP contribution in [0, 0.1) is 11.6 Å². The van der Waals surface area contributed by atoms with Crippen molar-refractivity contribution in [1.29, 1.82) is 0 Å². The van der Waals surface area contributed by atoms with Crippen LogP contribution in [0.25, 0.3) is 22.4 Å². The Hall–Kier alpha value is -3.54. The first-order valence-electron chi connectivity index (χ1n) is 7.82. The lowest BCUT2D eigenvalue weighted by atomic mass is 10.1. The van der Waals surface area contributed by atoms with Crippen LogP contribution in [0.5, 0.6) is 0 Å². The molecule has 4 aromatic rings. The second kappa shape index (κ2) is 6.40. The molecule has 4 nitrogen and oxygen atoms in total.